The lowest BCUT2D eigenvalue weighted by Crippen LogP contribution is -2.43. The average molecular weight is 320 g/mol. The number of quaternary nitrogens is 1. The summed E-state index contributed by atoms with van der Waals surface area (Å²) in [5.41, 5.74) is 0.728. The van der Waals surface area contributed by atoms with Crippen LogP contribution >= 0.6 is 24.0 Å². The molecule has 0 bridgehead atoms. The molecule has 1 aromatic rings. The van der Waals surface area contributed by atoms with Crippen LogP contribution in [0.1, 0.15) is 0 Å². The van der Waals surface area contributed by atoms with Crippen molar-refractivity contribution in [3.05, 3.63) is 30.3 Å². The van der Waals surface area contributed by atoms with Gasteiger partial charge in [-0.25, -0.2) is 0 Å². The van der Waals surface area contributed by atoms with Crippen LogP contribution in [0.25, 0.3) is 0 Å². The maximum Gasteiger partial charge on any atom is 0.107 e. The Labute approximate surface area is 108 Å². The number of hydrogen-bond donors (Lipinski definition) is 0. The van der Waals surface area contributed by atoms with E-state index in [2.05, 4.69) is 4.99 Å². The summed E-state index contributed by atoms with van der Waals surface area (Å²) in [4.78, 5) is 3.99. The largest absolute Gasteiger partial charge is 0.858 e. The number of para-hydroxylation sites is 1. The molecule has 0 saturated heterocycles. The van der Waals surface area contributed by atoms with Gasteiger partial charge in [0.2, 0.25) is 0 Å². The van der Waals surface area contributed by atoms with Gasteiger partial charge in [0.25, 0.3) is 0 Å². The smallest absolute Gasteiger partial charge is 0.107 e. The predicted molar refractivity (Wildman–Crippen MR) is 71.9 cm³/mol. The van der Waals surface area contributed by atoms with E-state index < -0.39 is 0 Å². The van der Waals surface area contributed by atoms with Crippen molar-refractivity contribution in [2.45, 2.75) is 0 Å². The molecule has 0 aliphatic heterocycles. The molecule has 0 radical (unpaired) electrons. The molecule has 0 aliphatic rings. The van der Waals surface area contributed by atoms with Crippen LogP contribution in [0.4, 0.5) is 5.69 Å². The van der Waals surface area contributed by atoms with Crippen molar-refractivity contribution in [1.82, 2.24) is 0 Å². The lowest BCUT2D eigenvalue weighted by molar-refractivity contribution is -0.863. The van der Waals surface area contributed by atoms with Crippen molar-refractivity contribution >= 4 is 35.6 Å². The summed E-state index contributed by atoms with van der Waals surface area (Å²) in [5.74, 6) is -0.0799. The number of halogens is 1. The van der Waals surface area contributed by atoms with Crippen molar-refractivity contribution in [2.75, 3.05) is 27.7 Å². The highest BCUT2D eigenvalue weighted by Crippen LogP contribution is 2.09. The van der Waals surface area contributed by atoms with Gasteiger partial charge in [-0.3, -0.25) is 4.99 Å². The van der Waals surface area contributed by atoms with Crippen LogP contribution < -0.4 is 5.11 Å². The Morgan fingerprint density at radius 2 is 1.73 bits per heavy atom. The van der Waals surface area contributed by atoms with E-state index in [4.69, 9.17) is 0 Å². The minimum absolute atomic E-state index is 0. The second kappa shape index (κ2) is 6.07. The van der Waals surface area contributed by atoms with E-state index in [0.29, 0.717) is 11.0 Å². The normalized spacial score (nSPS) is 12.1. The molecule has 0 aliphatic carbocycles. The molecule has 15 heavy (non-hydrogen) atoms. The second-order valence-electron chi connectivity index (χ2n) is 4.29. The first kappa shape index (κ1) is 14.4. The first-order valence-corrected chi connectivity index (χ1v) is 4.57. The predicted octanol–water partition coefficient (Wildman–Crippen LogP) is 1.40. The Hall–Kier alpha value is -0.620. The molecule has 0 fully saturated rings. The molecule has 0 saturated carbocycles. The third kappa shape index (κ3) is 6.46. The van der Waals surface area contributed by atoms with Crippen LogP contribution in [0.5, 0.6) is 0 Å². The first-order chi connectivity index (χ1) is 6.47. The number of benzene rings is 1. The highest BCUT2D eigenvalue weighted by Gasteiger charge is 2.05. The van der Waals surface area contributed by atoms with Gasteiger partial charge < -0.3 is 9.59 Å². The van der Waals surface area contributed by atoms with Crippen LogP contribution in [0.2, 0.25) is 0 Å². The lowest BCUT2D eigenvalue weighted by Gasteiger charge is -2.26. The quantitative estimate of drug-likeness (QED) is 0.359. The van der Waals surface area contributed by atoms with Crippen LogP contribution in [-0.4, -0.2) is 38.1 Å². The highest BCUT2D eigenvalue weighted by atomic mass is 127. The molecule has 84 valence electrons. The van der Waals surface area contributed by atoms with Crippen molar-refractivity contribution in [3.8, 4) is 0 Å². The molecular weight excluding hydrogens is 303 g/mol. The fourth-order valence-electron chi connectivity index (χ4n) is 1.09. The van der Waals surface area contributed by atoms with E-state index in [1.807, 2.05) is 51.5 Å². The van der Waals surface area contributed by atoms with Gasteiger partial charge in [0, 0.05) is 5.90 Å². The average Bonchev–Trinajstić information content (AvgIpc) is 2.02. The lowest BCUT2D eigenvalue weighted by atomic mass is 10.3. The molecule has 0 amide bonds. The van der Waals surface area contributed by atoms with Crippen LogP contribution in [-0.2, 0) is 0 Å². The molecule has 1 aromatic carbocycles. The van der Waals surface area contributed by atoms with E-state index in [9.17, 15) is 5.11 Å². The minimum Gasteiger partial charge on any atom is -0.858 e. The van der Waals surface area contributed by atoms with E-state index in [1.165, 1.54) is 0 Å². The number of nitrogens with zero attached hydrogens (tertiary/aromatic N) is 2. The van der Waals surface area contributed by atoms with Crippen molar-refractivity contribution < 1.29 is 9.59 Å². The summed E-state index contributed by atoms with van der Waals surface area (Å²) in [5, 5.41) is 11.4. The Bertz CT molecular complexity index is 317. The van der Waals surface area contributed by atoms with Gasteiger partial charge in [0.15, 0.2) is 0 Å². The molecule has 0 unspecified atom stereocenters. The summed E-state index contributed by atoms with van der Waals surface area (Å²) in [6, 6.07) is 9.31. The maximum atomic E-state index is 11.4. The van der Waals surface area contributed by atoms with Crippen molar-refractivity contribution in [2.24, 2.45) is 4.99 Å². The Morgan fingerprint density at radius 3 is 2.20 bits per heavy atom. The van der Waals surface area contributed by atoms with E-state index >= 15 is 0 Å². The standard InChI is InChI=1S/C11H16N2O.HI/c1-13(2,3)9-11(14)12-10-7-5-4-6-8-10;/h4-8H,9H2,1-3H3;1H. The van der Waals surface area contributed by atoms with Crippen LogP contribution in [0, 0.1) is 0 Å². The number of hydrogen-bond acceptors (Lipinski definition) is 2. The summed E-state index contributed by atoms with van der Waals surface area (Å²) in [7, 11) is 5.91. The second-order valence-corrected chi connectivity index (χ2v) is 4.29. The minimum atomic E-state index is -0.0799. The van der Waals surface area contributed by atoms with E-state index in [0.717, 1.165) is 5.69 Å². The first-order valence-electron chi connectivity index (χ1n) is 4.57. The number of likely N-dealkylation sites (N-methyl/N-ethyl adjacent to an activating group) is 1. The van der Waals surface area contributed by atoms with Gasteiger partial charge in [-0.05, 0) is 12.1 Å². The van der Waals surface area contributed by atoms with Gasteiger partial charge in [-0.2, -0.15) is 0 Å². The molecular formula is C11H17IN2O. The number of rotatable bonds is 3. The Balaban J connectivity index is 0.00000196. The molecule has 1 rings (SSSR count). The number of aliphatic imine (C=N–C) groups is 1. The molecule has 0 heterocycles. The summed E-state index contributed by atoms with van der Waals surface area (Å²) in [6.07, 6.45) is 0. The van der Waals surface area contributed by atoms with Gasteiger partial charge in [0.1, 0.15) is 6.54 Å². The third-order valence-corrected chi connectivity index (χ3v) is 1.62. The topological polar surface area (TPSA) is 35.4 Å². The van der Waals surface area contributed by atoms with Gasteiger partial charge in [-0.1, -0.05) is 18.2 Å². The SMILES string of the molecule is C[N+](C)(C)CC([O-])=Nc1ccccc1.I. The van der Waals surface area contributed by atoms with Crippen LogP contribution in [0.15, 0.2) is 35.3 Å². The molecule has 0 atom stereocenters. The van der Waals surface area contributed by atoms with Gasteiger partial charge in [0.05, 0.1) is 26.8 Å². The Kier molecular flexibility index (Phi) is 5.82. The zero-order valence-corrected chi connectivity index (χ0v) is 11.6. The molecule has 3 nitrogen and oxygen atoms in total. The van der Waals surface area contributed by atoms with Crippen molar-refractivity contribution in [3.63, 3.8) is 0 Å². The summed E-state index contributed by atoms with van der Waals surface area (Å²) >= 11 is 0. The van der Waals surface area contributed by atoms with E-state index in [1.54, 1.807) is 0 Å². The summed E-state index contributed by atoms with van der Waals surface area (Å²) < 4.78 is 0.606. The zero-order valence-electron chi connectivity index (χ0n) is 9.30. The van der Waals surface area contributed by atoms with Crippen LogP contribution in [0.3, 0.4) is 0 Å². The third-order valence-electron chi connectivity index (χ3n) is 1.62. The molecule has 4 heteroatoms. The molecule has 0 aromatic heterocycles. The monoisotopic (exact) mass is 320 g/mol. The Morgan fingerprint density at radius 1 is 1.20 bits per heavy atom. The van der Waals surface area contributed by atoms with Gasteiger partial charge >= 0.3 is 0 Å². The fourth-order valence-corrected chi connectivity index (χ4v) is 1.09. The maximum absolute atomic E-state index is 11.4. The van der Waals surface area contributed by atoms with Gasteiger partial charge in [-0.15, -0.1) is 24.0 Å². The zero-order chi connectivity index (χ0) is 10.6. The molecule has 0 N–H and O–H groups in total. The van der Waals surface area contributed by atoms with E-state index in [-0.39, 0.29) is 29.9 Å². The molecule has 0 spiro atoms. The van der Waals surface area contributed by atoms with Crippen molar-refractivity contribution in [1.29, 1.82) is 0 Å². The fraction of sp³-hybridized carbons (Fsp3) is 0.364. The highest BCUT2D eigenvalue weighted by molar-refractivity contribution is 14.0. The summed E-state index contributed by atoms with van der Waals surface area (Å²) in [6.45, 7) is 0.425.